The van der Waals surface area contributed by atoms with Crippen LogP contribution >= 0.6 is 32.3 Å². The lowest BCUT2D eigenvalue weighted by Crippen LogP contribution is -1.91. The molecule has 0 aromatic carbocycles. The summed E-state index contributed by atoms with van der Waals surface area (Å²) in [7, 11) is 1.52. The first kappa shape index (κ1) is 8.20. The average Bonchev–Trinajstić information content (AvgIpc) is 1.88. The van der Waals surface area contributed by atoms with E-state index in [-0.39, 0.29) is 3.83 Å². The van der Waals surface area contributed by atoms with Crippen molar-refractivity contribution in [2.75, 3.05) is 7.11 Å². The molecule has 1 nitrogen and oxygen atoms in total. The summed E-state index contributed by atoms with van der Waals surface area (Å²) in [5, 5.41) is 0.353. The van der Waals surface area contributed by atoms with Gasteiger partial charge < -0.3 is 4.74 Å². The van der Waals surface area contributed by atoms with E-state index in [1.807, 2.05) is 0 Å². The Morgan fingerprint density at radius 2 is 2.40 bits per heavy atom. The molecule has 4 heteroatoms. The Kier molecular flexibility index (Phi) is 2.85. The normalized spacial score (nSPS) is 18.1. The van der Waals surface area contributed by atoms with Crippen molar-refractivity contribution in [1.29, 1.82) is 0 Å². The van der Waals surface area contributed by atoms with Gasteiger partial charge in [-0.1, -0.05) is 11.6 Å². The number of methoxy groups -OCH3 is 1. The monoisotopic (exact) mass is 274 g/mol. The van der Waals surface area contributed by atoms with Crippen molar-refractivity contribution in [3.05, 3.63) is 20.7 Å². The molecule has 0 spiro atoms. The lowest BCUT2D eigenvalue weighted by Gasteiger charge is -2.03. The van der Waals surface area contributed by atoms with E-state index in [4.69, 9.17) is 16.3 Å². The molecule has 0 bridgehead atoms. The Labute approximate surface area is 73.3 Å². The van der Waals surface area contributed by atoms with Crippen LogP contribution in [0.3, 0.4) is 0 Å². The molecule has 0 unspecified atom stereocenters. The predicted molar refractivity (Wildman–Crippen MR) is 49.2 cm³/mol. The summed E-state index contributed by atoms with van der Waals surface area (Å²) in [6.07, 6.45) is 1.31. The van der Waals surface area contributed by atoms with Crippen molar-refractivity contribution in [2.45, 2.75) is 0 Å². The van der Waals surface area contributed by atoms with Gasteiger partial charge in [0, 0.05) is 10.1 Å². The van der Waals surface area contributed by atoms with Crippen LogP contribution in [0.2, 0.25) is 0 Å². The lowest BCUT2D eigenvalue weighted by molar-refractivity contribution is 0.317. The van der Waals surface area contributed by atoms with Crippen LogP contribution in [0, 0.1) is 0 Å². The molecule has 1 aliphatic heterocycles. The standard InChI is InChI=1S/C6H5ClFIO/c1-10-5-3-9-6(8)2-4(5)7/h2-3H,1H3. The first-order chi connectivity index (χ1) is 4.74. The summed E-state index contributed by atoms with van der Waals surface area (Å²) in [6, 6.07) is 0. The van der Waals surface area contributed by atoms with Gasteiger partial charge in [0.2, 0.25) is 0 Å². The minimum Gasteiger partial charge on any atom is -0.495 e. The van der Waals surface area contributed by atoms with Gasteiger partial charge in [0.05, 0.1) is 12.1 Å². The van der Waals surface area contributed by atoms with Crippen LogP contribution in [0.4, 0.5) is 4.39 Å². The number of ether oxygens (including phenoxy) is 1. The summed E-state index contributed by atoms with van der Waals surface area (Å²) in [6.45, 7) is 0. The minimum absolute atomic E-state index is 0.121. The molecule has 0 aromatic heterocycles. The molecule has 1 heterocycles. The fraction of sp³-hybridized carbons (Fsp3) is 0.167. The molecule has 0 aromatic rings. The molecule has 1 aliphatic rings. The molecule has 0 N–H and O–H groups in total. The second-order valence-electron chi connectivity index (χ2n) is 1.57. The number of hydrogen-bond acceptors (Lipinski definition) is 1. The van der Waals surface area contributed by atoms with E-state index >= 15 is 0 Å². The first-order valence-corrected chi connectivity index (χ1v) is 5.22. The number of hydrogen-bond donors (Lipinski definition) is 0. The molecule has 0 radical (unpaired) electrons. The van der Waals surface area contributed by atoms with E-state index in [2.05, 4.69) is 0 Å². The fourth-order valence-electron chi connectivity index (χ4n) is 0.494. The lowest BCUT2D eigenvalue weighted by atomic mass is 10.4. The van der Waals surface area contributed by atoms with Crippen LogP contribution in [0.5, 0.6) is 0 Å². The molecule has 0 saturated heterocycles. The van der Waals surface area contributed by atoms with Crippen LogP contribution in [0.25, 0.3) is 0 Å². The molecule has 0 atom stereocenters. The molecular formula is C6H5ClFIO. The van der Waals surface area contributed by atoms with E-state index in [9.17, 15) is 4.39 Å². The van der Waals surface area contributed by atoms with Crippen molar-refractivity contribution < 1.29 is 9.13 Å². The zero-order chi connectivity index (χ0) is 7.56. The Hall–Kier alpha value is 0.100. The summed E-state index contributed by atoms with van der Waals surface area (Å²) >= 11 is 4.98. The largest absolute Gasteiger partial charge is 0.495 e. The van der Waals surface area contributed by atoms with Crippen molar-refractivity contribution in [1.82, 2.24) is 0 Å². The third-order valence-electron chi connectivity index (χ3n) is 0.949. The molecular weight excluding hydrogens is 269 g/mol. The van der Waals surface area contributed by atoms with Crippen LogP contribution in [0.1, 0.15) is 0 Å². The topological polar surface area (TPSA) is 9.23 Å². The highest BCUT2D eigenvalue weighted by molar-refractivity contribution is 14.2. The van der Waals surface area contributed by atoms with E-state index in [0.29, 0.717) is 10.8 Å². The number of rotatable bonds is 1. The molecule has 1 rings (SSSR count). The highest BCUT2D eigenvalue weighted by Gasteiger charge is 2.05. The minimum atomic E-state index is -0.620. The second kappa shape index (κ2) is 3.48. The second-order valence-corrected chi connectivity index (χ2v) is 4.25. The summed E-state index contributed by atoms with van der Waals surface area (Å²) in [5.41, 5.74) is 0. The fourth-order valence-corrected chi connectivity index (χ4v) is 2.75. The van der Waals surface area contributed by atoms with E-state index in [1.54, 1.807) is 4.01 Å². The van der Waals surface area contributed by atoms with Gasteiger partial charge in [0.15, 0.2) is 3.83 Å². The third kappa shape index (κ3) is 1.79. The highest BCUT2D eigenvalue weighted by atomic mass is 127. The van der Waals surface area contributed by atoms with Gasteiger partial charge >= 0.3 is 0 Å². The Morgan fingerprint density at radius 1 is 1.70 bits per heavy atom. The SMILES string of the molecule is COC1=C(Cl)C=C(F)I=C1. The molecule has 0 saturated carbocycles. The van der Waals surface area contributed by atoms with E-state index < -0.39 is 20.7 Å². The Morgan fingerprint density at radius 3 is 2.90 bits per heavy atom. The highest BCUT2D eigenvalue weighted by Crippen LogP contribution is 2.27. The van der Waals surface area contributed by atoms with Crippen molar-refractivity contribution >= 4 is 36.3 Å². The van der Waals surface area contributed by atoms with Gasteiger partial charge in [-0.15, -0.1) is 0 Å². The zero-order valence-electron chi connectivity index (χ0n) is 5.20. The molecule has 56 valence electrons. The van der Waals surface area contributed by atoms with E-state index in [1.165, 1.54) is 13.2 Å². The first-order valence-electron chi connectivity index (χ1n) is 2.51. The van der Waals surface area contributed by atoms with Crippen molar-refractivity contribution in [2.24, 2.45) is 0 Å². The van der Waals surface area contributed by atoms with Crippen LogP contribution in [-0.4, -0.2) is 11.1 Å². The quantitative estimate of drug-likeness (QED) is 0.668. The Bertz CT molecular complexity index is 232. The average molecular weight is 274 g/mol. The predicted octanol–water partition coefficient (Wildman–Crippen LogP) is 2.68. The van der Waals surface area contributed by atoms with E-state index in [0.717, 1.165) is 0 Å². The Balaban J connectivity index is 2.95. The molecule has 10 heavy (non-hydrogen) atoms. The van der Waals surface area contributed by atoms with Gasteiger partial charge in [0.25, 0.3) is 0 Å². The van der Waals surface area contributed by atoms with Gasteiger partial charge in [0.1, 0.15) is 5.76 Å². The van der Waals surface area contributed by atoms with Crippen LogP contribution in [-0.2, 0) is 4.74 Å². The molecule has 0 aliphatic carbocycles. The molecule has 0 fully saturated rings. The van der Waals surface area contributed by atoms with Gasteiger partial charge in [-0.3, -0.25) is 0 Å². The molecule has 0 amide bonds. The van der Waals surface area contributed by atoms with Crippen LogP contribution < -0.4 is 0 Å². The maximum Gasteiger partial charge on any atom is 0.156 e. The van der Waals surface area contributed by atoms with Crippen molar-refractivity contribution in [3.63, 3.8) is 0 Å². The smallest absolute Gasteiger partial charge is 0.156 e. The zero-order valence-corrected chi connectivity index (χ0v) is 8.11. The van der Waals surface area contributed by atoms with Crippen molar-refractivity contribution in [3.8, 4) is 0 Å². The maximum absolute atomic E-state index is 12.4. The third-order valence-corrected chi connectivity index (χ3v) is 3.03. The summed E-state index contributed by atoms with van der Waals surface area (Å²) < 4.78 is 18.9. The van der Waals surface area contributed by atoms with Gasteiger partial charge in [-0.2, -0.15) is 0 Å². The van der Waals surface area contributed by atoms with Gasteiger partial charge in [-0.05, 0) is 20.7 Å². The summed E-state index contributed by atoms with van der Waals surface area (Å²) in [4.78, 5) is 0. The van der Waals surface area contributed by atoms with Gasteiger partial charge in [-0.25, -0.2) is 4.39 Å². The number of halogens is 3. The summed E-state index contributed by atoms with van der Waals surface area (Å²) in [5.74, 6) is 0.593. The maximum atomic E-state index is 12.4. The van der Waals surface area contributed by atoms with Crippen LogP contribution in [0.15, 0.2) is 20.7 Å². The number of allylic oxidation sites excluding steroid dienone is 3.